The molecule has 18 heavy (non-hydrogen) atoms. The molecule has 1 N–H and O–H groups in total. The smallest absolute Gasteiger partial charge is 0.0606 e. The van der Waals surface area contributed by atoms with E-state index in [4.69, 9.17) is 0 Å². The Hall–Kier alpha value is -1.55. The second-order valence-electron chi connectivity index (χ2n) is 4.33. The van der Waals surface area contributed by atoms with Gasteiger partial charge in [-0.25, -0.2) is 0 Å². The van der Waals surface area contributed by atoms with Crippen LogP contribution in [-0.2, 0) is 6.54 Å². The van der Waals surface area contributed by atoms with Crippen LogP contribution in [0.4, 0.5) is 11.4 Å². The van der Waals surface area contributed by atoms with Crippen molar-refractivity contribution >= 4 is 27.3 Å². The number of benzene rings is 1. The number of halogens is 1. The minimum Gasteiger partial charge on any atom is -0.382 e. The van der Waals surface area contributed by atoms with E-state index in [0.717, 1.165) is 29.8 Å². The molecule has 0 aliphatic carbocycles. The van der Waals surface area contributed by atoms with E-state index in [1.807, 2.05) is 12.3 Å². The van der Waals surface area contributed by atoms with Gasteiger partial charge in [0.1, 0.15) is 0 Å². The molecule has 0 radical (unpaired) electrons. The minimum atomic E-state index is 0.853. The van der Waals surface area contributed by atoms with Gasteiger partial charge in [-0.15, -0.1) is 0 Å². The third-order valence-corrected chi connectivity index (χ3v) is 3.55. The van der Waals surface area contributed by atoms with Crippen LogP contribution >= 0.6 is 15.9 Å². The molecule has 2 heterocycles. The number of pyridine rings is 1. The first-order valence-electron chi connectivity index (χ1n) is 6.01. The molecular formula is C14H14BrN3. The lowest BCUT2D eigenvalue weighted by molar-refractivity contribution is 0.771. The van der Waals surface area contributed by atoms with Crippen molar-refractivity contribution in [1.82, 2.24) is 4.98 Å². The molecule has 0 spiro atoms. The van der Waals surface area contributed by atoms with Crippen molar-refractivity contribution in [2.75, 3.05) is 23.3 Å². The van der Waals surface area contributed by atoms with Crippen LogP contribution in [0.25, 0.3) is 0 Å². The van der Waals surface area contributed by atoms with E-state index in [9.17, 15) is 0 Å². The minimum absolute atomic E-state index is 0.853. The number of rotatable bonds is 2. The summed E-state index contributed by atoms with van der Waals surface area (Å²) < 4.78 is 1.02. The maximum Gasteiger partial charge on any atom is 0.0606 e. The molecule has 4 heteroatoms. The summed E-state index contributed by atoms with van der Waals surface area (Å²) in [6.45, 7) is 2.84. The zero-order valence-electron chi connectivity index (χ0n) is 9.94. The van der Waals surface area contributed by atoms with Crippen LogP contribution in [0.3, 0.4) is 0 Å². The number of nitrogens with zero attached hydrogens (tertiary/aromatic N) is 2. The van der Waals surface area contributed by atoms with Gasteiger partial charge in [0.05, 0.1) is 23.6 Å². The lowest BCUT2D eigenvalue weighted by atomic mass is 10.2. The van der Waals surface area contributed by atoms with Gasteiger partial charge < -0.3 is 10.2 Å². The van der Waals surface area contributed by atoms with Crippen LogP contribution < -0.4 is 10.2 Å². The van der Waals surface area contributed by atoms with Crippen LogP contribution in [0.2, 0.25) is 0 Å². The van der Waals surface area contributed by atoms with E-state index < -0.39 is 0 Å². The fourth-order valence-electron chi connectivity index (χ4n) is 2.20. The van der Waals surface area contributed by atoms with Crippen LogP contribution in [0.1, 0.15) is 5.69 Å². The van der Waals surface area contributed by atoms with E-state index in [1.165, 1.54) is 11.4 Å². The largest absolute Gasteiger partial charge is 0.382 e. The van der Waals surface area contributed by atoms with Crippen molar-refractivity contribution in [1.29, 1.82) is 0 Å². The second kappa shape index (κ2) is 4.98. The van der Waals surface area contributed by atoms with Crippen molar-refractivity contribution in [3.05, 3.63) is 52.8 Å². The van der Waals surface area contributed by atoms with Crippen LogP contribution in [0, 0.1) is 0 Å². The highest BCUT2D eigenvalue weighted by molar-refractivity contribution is 9.10. The van der Waals surface area contributed by atoms with Gasteiger partial charge in [0.25, 0.3) is 0 Å². The highest BCUT2D eigenvalue weighted by Gasteiger charge is 2.15. The topological polar surface area (TPSA) is 28.2 Å². The van der Waals surface area contributed by atoms with E-state index in [-0.39, 0.29) is 0 Å². The summed E-state index contributed by atoms with van der Waals surface area (Å²) in [5.41, 5.74) is 3.56. The third kappa shape index (κ3) is 2.34. The fraction of sp³-hybridized carbons (Fsp3) is 0.214. The monoisotopic (exact) mass is 303 g/mol. The molecule has 3 rings (SSSR count). The first-order valence-corrected chi connectivity index (χ1v) is 6.80. The molecule has 0 fully saturated rings. The Labute approximate surface area is 115 Å². The van der Waals surface area contributed by atoms with Crippen molar-refractivity contribution in [3.63, 3.8) is 0 Å². The summed E-state index contributed by atoms with van der Waals surface area (Å²) in [7, 11) is 0. The van der Waals surface area contributed by atoms with Gasteiger partial charge in [-0.05, 0) is 40.2 Å². The maximum absolute atomic E-state index is 4.44. The molecule has 1 aliphatic rings. The predicted octanol–water partition coefficient (Wildman–Crippen LogP) is 3.28. The van der Waals surface area contributed by atoms with Gasteiger partial charge in [0.2, 0.25) is 0 Å². The predicted molar refractivity (Wildman–Crippen MR) is 77.9 cm³/mol. The summed E-state index contributed by atoms with van der Waals surface area (Å²) in [6, 6.07) is 12.5. The van der Waals surface area contributed by atoms with E-state index in [2.05, 4.69) is 61.5 Å². The molecule has 0 bridgehead atoms. The second-order valence-corrected chi connectivity index (χ2v) is 5.25. The first-order chi connectivity index (χ1) is 8.83. The summed E-state index contributed by atoms with van der Waals surface area (Å²) in [5, 5.41) is 3.42. The summed E-state index contributed by atoms with van der Waals surface area (Å²) in [6.07, 6.45) is 1.85. The molecule has 3 nitrogen and oxygen atoms in total. The van der Waals surface area contributed by atoms with Gasteiger partial charge in [-0.3, -0.25) is 4.98 Å². The molecule has 0 saturated carbocycles. The van der Waals surface area contributed by atoms with Crippen molar-refractivity contribution in [2.24, 2.45) is 0 Å². The average molecular weight is 304 g/mol. The molecule has 1 aromatic carbocycles. The van der Waals surface area contributed by atoms with Crippen molar-refractivity contribution in [3.8, 4) is 0 Å². The highest BCUT2D eigenvalue weighted by Crippen LogP contribution is 2.29. The molecule has 1 aromatic heterocycles. The molecule has 92 valence electrons. The maximum atomic E-state index is 4.44. The van der Waals surface area contributed by atoms with E-state index >= 15 is 0 Å². The number of nitrogens with one attached hydrogen (secondary N) is 1. The molecule has 2 aromatic rings. The number of anilines is 2. The zero-order chi connectivity index (χ0) is 12.4. The standard InChI is InChI=1S/C14H14BrN3/c15-11-5-6-12(17-9-11)10-18-8-7-16-13-3-1-2-4-14(13)18/h1-6,9,16H,7-8,10H2. The van der Waals surface area contributed by atoms with E-state index in [1.54, 1.807) is 0 Å². The van der Waals surface area contributed by atoms with E-state index in [0.29, 0.717) is 0 Å². The van der Waals surface area contributed by atoms with Crippen LogP contribution in [0.15, 0.2) is 47.1 Å². The molecule has 0 atom stereocenters. The quantitative estimate of drug-likeness (QED) is 0.923. The van der Waals surface area contributed by atoms with Gasteiger partial charge >= 0.3 is 0 Å². The summed E-state index contributed by atoms with van der Waals surface area (Å²) >= 11 is 3.41. The number of fused-ring (bicyclic) bond motifs is 1. The Bertz CT molecular complexity index is 539. The Kier molecular flexibility index (Phi) is 3.19. The molecule has 0 amide bonds. The van der Waals surface area contributed by atoms with Gasteiger partial charge in [0, 0.05) is 23.8 Å². The number of hydrogen-bond donors (Lipinski definition) is 1. The van der Waals surface area contributed by atoms with Gasteiger partial charge in [0.15, 0.2) is 0 Å². The number of aromatic nitrogens is 1. The average Bonchev–Trinajstić information content (AvgIpc) is 2.42. The Morgan fingerprint density at radius 1 is 1.22 bits per heavy atom. The zero-order valence-corrected chi connectivity index (χ0v) is 11.5. The molecule has 1 aliphatic heterocycles. The highest BCUT2D eigenvalue weighted by atomic mass is 79.9. The van der Waals surface area contributed by atoms with Gasteiger partial charge in [-0.1, -0.05) is 12.1 Å². The van der Waals surface area contributed by atoms with Gasteiger partial charge in [-0.2, -0.15) is 0 Å². The van der Waals surface area contributed by atoms with Crippen molar-refractivity contribution < 1.29 is 0 Å². The number of para-hydroxylation sites is 2. The molecule has 0 saturated heterocycles. The Morgan fingerprint density at radius 2 is 2.11 bits per heavy atom. The van der Waals surface area contributed by atoms with Crippen LogP contribution in [-0.4, -0.2) is 18.1 Å². The fourth-order valence-corrected chi connectivity index (χ4v) is 2.44. The lowest BCUT2D eigenvalue weighted by Gasteiger charge is -2.31. The van der Waals surface area contributed by atoms with Crippen LogP contribution in [0.5, 0.6) is 0 Å². The molecule has 0 unspecified atom stereocenters. The first kappa shape index (κ1) is 11.5. The summed E-state index contributed by atoms with van der Waals surface area (Å²) in [4.78, 5) is 6.80. The SMILES string of the molecule is Brc1ccc(CN2CCNc3ccccc32)nc1. The number of hydrogen-bond acceptors (Lipinski definition) is 3. The van der Waals surface area contributed by atoms with Crippen molar-refractivity contribution in [2.45, 2.75) is 6.54 Å². The Morgan fingerprint density at radius 3 is 2.94 bits per heavy atom. The summed E-state index contributed by atoms with van der Waals surface area (Å²) in [5.74, 6) is 0. The molecular weight excluding hydrogens is 290 g/mol. The Balaban J connectivity index is 1.84. The third-order valence-electron chi connectivity index (χ3n) is 3.08. The lowest BCUT2D eigenvalue weighted by Crippen LogP contribution is -2.33. The normalized spacial score (nSPS) is 13.9.